The van der Waals surface area contributed by atoms with Gasteiger partial charge in [0.1, 0.15) is 0 Å². The Morgan fingerprint density at radius 1 is 1.42 bits per heavy atom. The average molecular weight is 373 g/mol. The van der Waals surface area contributed by atoms with Crippen LogP contribution in [0, 0.1) is 11.8 Å². The molecule has 0 aliphatic carbocycles. The lowest BCUT2D eigenvalue weighted by molar-refractivity contribution is -0.126. The van der Waals surface area contributed by atoms with Crippen molar-refractivity contribution in [3.8, 4) is 0 Å². The lowest BCUT2D eigenvalue weighted by Crippen LogP contribution is -2.46. The van der Waals surface area contributed by atoms with Crippen LogP contribution < -0.4 is 5.32 Å². The summed E-state index contributed by atoms with van der Waals surface area (Å²) >= 11 is 5.92. The van der Waals surface area contributed by atoms with E-state index in [0.717, 1.165) is 6.42 Å². The third-order valence-corrected chi connectivity index (χ3v) is 6.12. The first-order valence-corrected chi connectivity index (χ1v) is 10.3. The summed E-state index contributed by atoms with van der Waals surface area (Å²) in [4.78, 5) is 12.2. The molecule has 1 amide bonds. The van der Waals surface area contributed by atoms with Crippen molar-refractivity contribution in [2.24, 2.45) is 11.8 Å². The highest BCUT2D eigenvalue weighted by Crippen LogP contribution is 2.22. The summed E-state index contributed by atoms with van der Waals surface area (Å²) in [5.41, 5.74) is 0.661. The lowest BCUT2D eigenvalue weighted by Gasteiger charge is -2.31. The van der Waals surface area contributed by atoms with E-state index in [0.29, 0.717) is 36.0 Å². The summed E-state index contributed by atoms with van der Waals surface area (Å²) < 4.78 is 26.7. The molecule has 1 aliphatic heterocycles. The normalized spacial score (nSPS) is 19.4. The minimum Gasteiger partial charge on any atom is -0.356 e. The monoisotopic (exact) mass is 372 g/mol. The number of nitrogens with zero attached hydrogens (tertiary/aromatic N) is 1. The van der Waals surface area contributed by atoms with E-state index in [1.807, 2.05) is 13.8 Å². The molecule has 134 valence electrons. The number of halogens is 1. The Hall–Kier alpha value is -1.11. The highest BCUT2D eigenvalue weighted by atomic mass is 35.5. The second-order valence-electron chi connectivity index (χ2n) is 6.72. The molecule has 0 aromatic heterocycles. The van der Waals surface area contributed by atoms with Crippen LogP contribution in [0.2, 0.25) is 5.02 Å². The SMILES string of the molecule is CC(C)CNC(=O)[C@H]1CCCN(S(=O)(=O)Cc2cccc(Cl)c2)C1. The molecule has 1 aromatic carbocycles. The molecular formula is C17H25ClN2O3S. The third kappa shape index (κ3) is 5.46. The van der Waals surface area contributed by atoms with Gasteiger partial charge in [-0.1, -0.05) is 37.6 Å². The minimum absolute atomic E-state index is 0.0497. The molecule has 0 radical (unpaired) electrons. The Balaban J connectivity index is 2.01. The number of hydrogen-bond donors (Lipinski definition) is 1. The molecule has 1 atom stereocenters. The first kappa shape index (κ1) is 19.2. The zero-order valence-corrected chi connectivity index (χ0v) is 15.7. The van der Waals surface area contributed by atoms with Crippen LogP contribution in [0.15, 0.2) is 24.3 Å². The molecule has 24 heavy (non-hydrogen) atoms. The van der Waals surface area contributed by atoms with E-state index >= 15 is 0 Å². The predicted octanol–water partition coefficient (Wildman–Crippen LogP) is 2.65. The van der Waals surface area contributed by atoms with E-state index in [4.69, 9.17) is 11.6 Å². The molecule has 1 aromatic rings. The molecule has 1 aliphatic rings. The van der Waals surface area contributed by atoms with Gasteiger partial charge in [0.05, 0.1) is 11.7 Å². The summed E-state index contributed by atoms with van der Waals surface area (Å²) in [6.07, 6.45) is 1.43. The van der Waals surface area contributed by atoms with Crippen LogP contribution in [-0.2, 0) is 20.6 Å². The van der Waals surface area contributed by atoms with Gasteiger partial charge in [0.15, 0.2) is 0 Å². The van der Waals surface area contributed by atoms with Gasteiger partial charge in [0.25, 0.3) is 0 Å². The number of amides is 1. The fraction of sp³-hybridized carbons (Fsp3) is 0.588. The summed E-state index contributed by atoms with van der Waals surface area (Å²) in [6, 6.07) is 6.87. The Morgan fingerprint density at radius 2 is 2.17 bits per heavy atom. The molecule has 5 nitrogen and oxygen atoms in total. The van der Waals surface area contributed by atoms with E-state index < -0.39 is 10.0 Å². The third-order valence-electron chi connectivity index (χ3n) is 4.07. The average Bonchev–Trinajstić information content (AvgIpc) is 2.52. The Labute approximate surface area is 149 Å². The van der Waals surface area contributed by atoms with Crippen LogP contribution in [0.3, 0.4) is 0 Å². The van der Waals surface area contributed by atoms with Crippen molar-refractivity contribution in [3.05, 3.63) is 34.9 Å². The molecule has 1 N–H and O–H groups in total. The first-order chi connectivity index (χ1) is 11.3. The van der Waals surface area contributed by atoms with Gasteiger partial charge in [-0.05, 0) is 36.5 Å². The van der Waals surface area contributed by atoms with Gasteiger partial charge >= 0.3 is 0 Å². The van der Waals surface area contributed by atoms with Crippen LogP contribution >= 0.6 is 11.6 Å². The first-order valence-electron chi connectivity index (χ1n) is 8.28. The summed E-state index contributed by atoms with van der Waals surface area (Å²) in [7, 11) is -3.46. The second kappa shape index (κ2) is 8.32. The Morgan fingerprint density at radius 3 is 2.83 bits per heavy atom. The van der Waals surface area contributed by atoms with Crippen molar-refractivity contribution in [2.45, 2.75) is 32.4 Å². The van der Waals surface area contributed by atoms with E-state index in [2.05, 4.69) is 5.32 Å². The van der Waals surface area contributed by atoms with Crippen LogP contribution in [0.4, 0.5) is 0 Å². The topological polar surface area (TPSA) is 66.5 Å². The maximum absolute atomic E-state index is 12.7. The molecule has 1 heterocycles. The van der Waals surface area contributed by atoms with Gasteiger partial charge in [-0.15, -0.1) is 0 Å². The smallest absolute Gasteiger partial charge is 0.224 e. The lowest BCUT2D eigenvalue weighted by atomic mass is 9.98. The molecule has 0 unspecified atom stereocenters. The van der Waals surface area contributed by atoms with Crippen molar-refractivity contribution < 1.29 is 13.2 Å². The molecule has 2 rings (SSSR count). The highest BCUT2D eigenvalue weighted by molar-refractivity contribution is 7.88. The molecule has 7 heteroatoms. The van der Waals surface area contributed by atoms with E-state index in [1.54, 1.807) is 24.3 Å². The van der Waals surface area contributed by atoms with Crippen LogP contribution in [0.25, 0.3) is 0 Å². The van der Waals surface area contributed by atoms with Gasteiger partial charge in [-0.2, -0.15) is 0 Å². The summed E-state index contributed by atoms with van der Waals surface area (Å²) in [5, 5.41) is 3.42. The maximum atomic E-state index is 12.7. The zero-order valence-electron chi connectivity index (χ0n) is 14.2. The standard InChI is InChI=1S/C17H25ClN2O3S/c1-13(2)10-19-17(21)15-6-4-8-20(11-15)24(22,23)12-14-5-3-7-16(18)9-14/h3,5,7,9,13,15H,4,6,8,10-12H2,1-2H3,(H,19,21)/t15-/m0/s1. The largest absolute Gasteiger partial charge is 0.356 e. The van der Waals surface area contributed by atoms with Crippen LogP contribution in [0.5, 0.6) is 0 Å². The number of rotatable bonds is 6. The molecule has 1 fully saturated rings. The fourth-order valence-corrected chi connectivity index (χ4v) is 4.60. The fourth-order valence-electron chi connectivity index (χ4n) is 2.79. The van der Waals surface area contributed by atoms with Crippen molar-refractivity contribution in [1.82, 2.24) is 9.62 Å². The van der Waals surface area contributed by atoms with E-state index in [-0.39, 0.29) is 24.1 Å². The van der Waals surface area contributed by atoms with E-state index in [1.165, 1.54) is 4.31 Å². The molecule has 1 saturated heterocycles. The molecule has 0 saturated carbocycles. The van der Waals surface area contributed by atoms with Crippen molar-refractivity contribution >= 4 is 27.5 Å². The van der Waals surface area contributed by atoms with Gasteiger partial charge in [-0.3, -0.25) is 4.79 Å². The summed E-state index contributed by atoms with van der Waals surface area (Å²) in [5.74, 6) is -0.0355. The maximum Gasteiger partial charge on any atom is 0.224 e. The van der Waals surface area contributed by atoms with Crippen LogP contribution in [0.1, 0.15) is 32.3 Å². The number of sulfonamides is 1. The molecular weight excluding hydrogens is 348 g/mol. The number of piperidine rings is 1. The highest BCUT2D eigenvalue weighted by Gasteiger charge is 2.32. The quantitative estimate of drug-likeness (QED) is 0.834. The molecule has 0 spiro atoms. The van der Waals surface area contributed by atoms with Crippen molar-refractivity contribution in [1.29, 1.82) is 0 Å². The minimum atomic E-state index is -3.46. The van der Waals surface area contributed by atoms with Gasteiger partial charge in [-0.25, -0.2) is 12.7 Å². The Bertz CT molecular complexity index is 676. The van der Waals surface area contributed by atoms with Crippen molar-refractivity contribution in [3.63, 3.8) is 0 Å². The predicted molar refractivity (Wildman–Crippen MR) is 96.2 cm³/mol. The van der Waals surface area contributed by atoms with Gasteiger partial charge in [0, 0.05) is 24.7 Å². The second-order valence-corrected chi connectivity index (χ2v) is 9.13. The number of carbonyl (C=O) groups is 1. The van der Waals surface area contributed by atoms with Crippen molar-refractivity contribution in [2.75, 3.05) is 19.6 Å². The van der Waals surface area contributed by atoms with Gasteiger partial charge in [0.2, 0.25) is 15.9 Å². The number of carbonyl (C=O) groups excluding carboxylic acids is 1. The van der Waals surface area contributed by atoms with Crippen LogP contribution in [-0.4, -0.2) is 38.3 Å². The van der Waals surface area contributed by atoms with E-state index in [9.17, 15) is 13.2 Å². The molecule has 0 bridgehead atoms. The Kier molecular flexibility index (Phi) is 6.66. The number of hydrogen-bond acceptors (Lipinski definition) is 3. The summed E-state index contributed by atoms with van der Waals surface area (Å²) in [6.45, 7) is 5.40. The number of nitrogens with one attached hydrogen (secondary N) is 1. The number of benzene rings is 1. The van der Waals surface area contributed by atoms with Gasteiger partial charge < -0.3 is 5.32 Å². The zero-order chi connectivity index (χ0) is 17.7.